The second-order valence-electron chi connectivity index (χ2n) is 4.21. The molecule has 0 bridgehead atoms. The predicted molar refractivity (Wildman–Crippen MR) is 77.7 cm³/mol. The number of aromatic amines is 1. The summed E-state index contributed by atoms with van der Waals surface area (Å²) >= 11 is 0. The third kappa shape index (κ3) is 3.30. The van der Waals surface area contributed by atoms with E-state index in [0.29, 0.717) is 6.41 Å². The summed E-state index contributed by atoms with van der Waals surface area (Å²) in [7, 11) is 1.49. The van der Waals surface area contributed by atoms with Crippen LogP contribution in [0.2, 0.25) is 0 Å². The molecule has 0 aliphatic heterocycles. The van der Waals surface area contributed by atoms with Gasteiger partial charge in [0.15, 0.2) is 5.84 Å². The maximum Gasteiger partial charge on any atom is 0.327 e. The van der Waals surface area contributed by atoms with Crippen LogP contribution in [0.1, 0.15) is 11.3 Å². The zero-order valence-corrected chi connectivity index (χ0v) is 11.4. The maximum atomic E-state index is 11.5. The number of hydrogen-bond donors (Lipinski definition) is 3. The van der Waals surface area contributed by atoms with Crippen molar-refractivity contribution in [3.8, 4) is 0 Å². The Morgan fingerprint density at radius 2 is 2.19 bits per heavy atom. The fourth-order valence-corrected chi connectivity index (χ4v) is 1.73. The molecule has 110 valence electrons. The van der Waals surface area contributed by atoms with Crippen LogP contribution >= 0.6 is 0 Å². The normalized spacial score (nSPS) is 11.2. The predicted octanol–water partition coefficient (Wildman–Crippen LogP) is 0.119. The molecule has 1 aromatic carbocycles. The van der Waals surface area contributed by atoms with Gasteiger partial charge < -0.3 is 20.9 Å². The number of amidine groups is 1. The summed E-state index contributed by atoms with van der Waals surface area (Å²) in [5.74, 6) is 0.188. The summed E-state index contributed by atoms with van der Waals surface area (Å²) in [4.78, 5) is 29.7. The largest absolute Gasteiger partial charge is 0.389 e. The number of rotatable bonds is 6. The van der Waals surface area contributed by atoms with Crippen molar-refractivity contribution in [2.24, 2.45) is 17.9 Å². The second kappa shape index (κ2) is 6.42. The summed E-state index contributed by atoms with van der Waals surface area (Å²) < 4.78 is 1.21. The lowest BCUT2D eigenvalue weighted by Gasteiger charge is -2.04. The number of H-pyrrole nitrogens is 1. The molecule has 1 aromatic heterocycles. The van der Waals surface area contributed by atoms with E-state index in [-0.39, 0.29) is 24.0 Å². The Bertz CT molecular complexity index is 702. The number of hydrogen-bond acceptors (Lipinski definition) is 4. The maximum absolute atomic E-state index is 11.5. The molecule has 2 rings (SSSR count). The van der Waals surface area contributed by atoms with Crippen molar-refractivity contribution in [2.45, 2.75) is 6.61 Å². The van der Waals surface area contributed by atoms with Crippen molar-refractivity contribution in [1.29, 1.82) is 0 Å². The number of nitrogens with one attached hydrogen (secondary N) is 2. The van der Waals surface area contributed by atoms with E-state index < -0.39 is 5.69 Å². The Hall–Kier alpha value is -3.03. The summed E-state index contributed by atoms with van der Waals surface area (Å²) in [5, 5.41) is 6.13. The second-order valence-corrected chi connectivity index (χ2v) is 4.21. The van der Waals surface area contributed by atoms with Crippen LogP contribution in [0.3, 0.4) is 0 Å². The molecule has 0 saturated carbocycles. The first-order chi connectivity index (χ1) is 10.1. The van der Waals surface area contributed by atoms with E-state index in [1.807, 2.05) is 30.3 Å². The average molecular weight is 289 g/mol. The number of benzene rings is 1. The number of anilines is 1. The van der Waals surface area contributed by atoms with Gasteiger partial charge in [-0.2, -0.15) is 0 Å². The molecule has 0 aliphatic rings. The average Bonchev–Trinajstić information content (AvgIpc) is 2.77. The fraction of sp³-hybridized carbons (Fsp3) is 0.154. The van der Waals surface area contributed by atoms with E-state index in [1.165, 1.54) is 11.6 Å². The van der Waals surface area contributed by atoms with Crippen LogP contribution in [0.5, 0.6) is 0 Å². The SMILES string of the molecule is Cn1c(NC=O)c(/C(N)=N\OCc2ccccc2)[nH]c1=O. The molecule has 4 N–H and O–H groups in total. The van der Waals surface area contributed by atoms with Crippen molar-refractivity contribution in [3.05, 3.63) is 52.1 Å². The molecule has 0 saturated heterocycles. The van der Waals surface area contributed by atoms with Gasteiger partial charge >= 0.3 is 5.69 Å². The van der Waals surface area contributed by atoms with Gasteiger partial charge in [0.25, 0.3) is 0 Å². The van der Waals surface area contributed by atoms with Gasteiger partial charge in [-0.25, -0.2) is 4.79 Å². The van der Waals surface area contributed by atoms with Crippen LogP contribution in [0, 0.1) is 0 Å². The minimum Gasteiger partial charge on any atom is -0.389 e. The minimum absolute atomic E-state index is 0.0343. The van der Waals surface area contributed by atoms with Crippen LogP contribution < -0.4 is 16.7 Å². The molecule has 21 heavy (non-hydrogen) atoms. The van der Waals surface area contributed by atoms with E-state index in [2.05, 4.69) is 15.5 Å². The van der Waals surface area contributed by atoms with Crippen molar-refractivity contribution < 1.29 is 9.63 Å². The monoisotopic (exact) mass is 289 g/mol. The van der Waals surface area contributed by atoms with E-state index in [4.69, 9.17) is 10.6 Å². The molecule has 8 heteroatoms. The first kappa shape index (κ1) is 14.4. The van der Waals surface area contributed by atoms with Crippen LogP contribution in [-0.2, 0) is 23.3 Å². The van der Waals surface area contributed by atoms with Crippen molar-refractivity contribution >= 4 is 18.1 Å². The van der Waals surface area contributed by atoms with E-state index in [9.17, 15) is 9.59 Å². The molecule has 8 nitrogen and oxygen atoms in total. The van der Waals surface area contributed by atoms with Gasteiger partial charge in [-0.1, -0.05) is 35.5 Å². The first-order valence-electron chi connectivity index (χ1n) is 6.12. The van der Waals surface area contributed by atoms with Crippen LogP contribution in [0.25, 0.3) is 0 Å². The molecule has 0 atom stereocenters. The Balaban J connectivity index is 2.14. The number of nitrogens with zero attached hydrogens (tertiary/aromatic N) is 2. The topological polar surface area (TPSA) is 114 Å². The van der Waals surface area contributed by atoms with Gasteiger partial charge in [-0.15, -0.1) is 0 Å². The Labute approximate surface area is 120 Å². The molecule has 1 amide bonds. The van der Waals surface area contributed by atoms with Gasteiger partial charge in [-0.3, -0.25) is 9.36 Å². The minimum atomic E-state index is -0.421. The van der Waals surface area contributed by atoms with E-state index >= 15 is 0 Å². The number of carbonyl (C=O) groups is 1. The van der Waals surface area contributed by atoms with Gasteiger partial charge in [-0.05, 0) is 5.56 Å². The van der Waals surface area contributed by atoms with Crippen molar-refractivity contribution in [2.75, 3.05) is 5.32 Å². The standard InChI is InChI=1S/C13H15N5O3/c1-18-12(15-8-19)10(16-13(18)20)11(14)17-21-7-9-5-3-2-4-6-9/h2-6,8H,7H2,1H3,(H2,14,17)(H,15,19)(H,16,20). The number of carbonyl (C=O) groups excluding carboxylic acids is 1. The third-order valence-electron chi connectivity index (χ3n) is 2.80. The quantitative estimate of drug-likeness (QED) is 0.303. The highest BCUT2D eigenvalue weighted by molar-refractivity contribution is 6.01. The van der Waals surface area contributed by atoms with Crippen LogP contribution in [-0.4, -0.2) is 21.8 Å². The summed E-state index contributed by atoms with van der Waals surface area (Å²) in [6.45, 7) is 0.245. The van der Waals surface area contributed by atoms with Gasteiger partial charge in [0.2, 0.25) is 6.41 Å². The molecule has 0 aliphatic carbocycles. The van der Waals surface area contributed by atoms with Gasteiger partial charge in [0.1, 0.15) is 18.1 Å². The lowest BCUT2D eigenvalue weighted by atomic mass is 10.2. The summed E-state index contributed by atoms with van der Waals surface area (Å²) in [5.41, 5.74) is 6.47. The summed E-state index contributed by atoms with van der Waals surface area (Å²) in [6.07, 6.45) is 0.449. The van der Waals surface area contributed by atoms with Crippen molar-refractivity contribution in [1.82, 2.24) is 9.55 Å². The Morgan fingerprint density at radius 1 is 1.48 bits per heavy atom. The highest BCUT2D eigenvalue weighted by atomic mass is 16.6. The fourth-order valence-electron chi connectivity index (χ4n) is 1.73. The van der Waals surface area contributed by atoms with E-state index in [0.717, 1.165) is 5.56 Å². The highest BCUT2D eigenvalue weighted by Gasteiger charge is 2.14. The summed E-state index contributed by atoms with van der Waals surface area (Å²) in [6, 6.07) is 9.43. The molecule has 0 fully saturated rings. The molecule has 2 aromatic rings. The first-order valence-corrected chi connectivity index (χ1v) is 6.12. The van der Waals surface area contributed by atoms with Gasteiger partial charge in [0, 0.05) is 7.05 Å². The Morgan fingerprint density at radius 3 is 2.86 bits per heavy atom. The van der Waals surface area contributed by atoms with Crippen LogP contribution in [0.4, 0.5) is 5.82 Å². The third-order valence-corrected chi connectivity index (χ3v) is 2.80. The zero-order chi connectivity index (χ0) is 15.2. The smallest absolute Gasteiger partial charge is 0.327 e. The van der Waals surface area contributed by atoms with E-state index in [1.54, 1.807) is 0 Å². The number of amides is 1. The number of imidazole rings is 1. The molecular weight excluding hydrogens is 274 g/mol. The van der Waals surface area contributed by atoms with Crippen LogP contribution in [0.15, 0.2) is 40.3 Å². The molecule has 0 radical (unpaired) electrons. The Kier molecular flexibility index (Phi) is 4.39. The molecule has 0 spiro atoms. The molecule has 1 heterocycles. The highest BCUT2D eigenvalue weighted by Crippen LogP contribution is 2.09. The number of aromatic nitrogens is 2. The van der Waals surface area contributed by atoms with Crippen molar-refractivity contribution in [3.63, 3.8) is 0 Å². The number of nitrogens with two attached hydrogens (primary N) is 1. The zero-order valence-electron chi connectivity index (χ0n) is 11.4. The lowest BCUT2D eigenvalue weighted by Crippen LogP contribution is -2.17. The number of oxime groups is 1. The lowest BCUT2D eigenvalue weighted by molar-refractivity contribution is -0.105. The molecular formula is C13H15N5O3. The van der Waals surface area contributed by atoms with Gasteiger partial charge in [0.05, 0.1) is 0 Å². The molecule has 0 unspecified atom stereocenters.